The SMILES string of the molecule is COc1ccc(NC(=O)[C@H](C)Nc2ccc(N3CCC(C)CC3)cc2)cc1OC. The van der Waals surface area contributed by atoms with Gasteiger partial charge in [-0.3, -0.25) is 4.79 Å². The Morgan fingerprint density at radius 2 is 1.62 bits per heavy atom. The van der Waals surface area contributed by atoms with E-state index in [0.717, 1.165) is 24.7 Å². The van der Waals surface area contributed by atoms with E-state index >= 15 is 0 Å². The summed E-state index contributed by atoms with van der Waals surface area (Å²) in [7, 11) is 3.15. The molecular formula is C23H31N3O3. The molecular weight excluding hydrogens is 366 g/mol. The van der Waals surface area contributed by atoms with Crippen LogP contribution < -0.4 is 25.0 Å². The van der Waals surface area contributed by atoms with E-state index in [4.69, 9.17) is 9.47 Å². The van der Waals surface area contributed by atoms with Crippen LogP contribution in [0.5, 0.6) is 11.5 Å². The van der Waals surface area contributed by atoms with Crippen molar-refractivity contribution in [1.82, 2.24) is 0 Å². The molecule has 1 fully saturated rings. The van der Waals surface area contributed by atoms with Crippen LogP contribution in [0.15, 0.2) is 42.5 Å². The van der Waals surface area contributed by atoms with Gasteiger partial charge in [0.05, 0.1) is 14.2 Å². The molecule has 1 aliphatic heterocycles. The highest BCUT2D eigenvalue weighted by atomic mass is 16.5. The molecule has 0 unspecified atom stereocenters. The van der Waals surface area contributed by atoms with Crippen LogP contribution in [0.4, 0.5) is 17.1 Å². The molecule has 0 spiro atoms. The zero-order chi connectivity index (χ0) is 20.8. The summed E-state index contributed by atoms with van der Waals surface area (Å²) in [5.41, 5.74) is 2.83. The number of ether oxygens (including phenoxy) is 2. The highest BCUT2D eigenvalue weighted by Gasteiger charge is 2.17. The molecule has 1 saturated heterocycles. The Hall–Kier alpha value is -2.89. The standard InChI is InChI=1S/C23H31N3O3/c1-16-11-13-26(14-12-16)20-8-5-18(6-9-20)24-17(2)23(27)25-19-7-10-21(28-3)22(15-19)29-4/h5-10,15-17,24H,11-14H2,1-4H3,(H,25,27)/t17-/m0/s1. The Morgan fingerprint density at radius 1 is 1.00 bits per heavy atom. The third kappa shape index (κ3) is 5.34. The fourth-order valence-corrected chi connectivity index (χ4v) is 3.52. The summed E-state index contributed by atoms with van der Waals surface area (Å²) < 4.78 is 10.5. The zero-order valence-electron chi connectivity index (χ0n) is 17.7. The molecule has 0 aromatic heterocycles. The number of nitrogens with one attached hydrogen (secondary N) is 2. The maximum absolute atomic E-state index is 12.6. The molecule has 1 amide bonds. The number of amides is 1. The van der Waals surface area contributed by atoms with Gasteiger partial charge in [0.1, 0.15) is 6.04 Å². The average Bonchev–Trinajstić information content (AvgIpc) is 2.74. The van der Waals surface area contributed by atoms with Crippen molar-refractivity contribution < 1.29 is 14.3 Å². The van der Waals surface area contributed by atoms with Crippen molar-refractivity contribution in [2.24, 2.45) is 5.92 Å². The first-order valence-electron chi connectivity index (χ1n) is 10.1. The molecule has 2 aromatic rings. The lowest BCUT2D eigenvalue weighted by Gasteiger charge is -2.32. The van der Waals surface area contributed by atoms with E-state index in [9.17, 15) is 4.79 Å². The summed E-state index contributed by atoms with van der Waals surface area (Å²) in [6.07, 6.45) is 2.49. The van der Waals surface area contributed by atoms with Crippen LogP contribution in [0.2, 0.25) is 0 Å². The molecule has 1 heterocycles. The molecule has 29 heavy (non-hydrogen) atoms. The number of rotatable bonds is 7. The molecule has 0 bridgehead atoms. The number of benzene rings is 2. The van der Waals surface area contributed by atoms with Gasteiger partial charge in [0.25, 0.3) is 0 Å². The minimum atomic E-state index is -0.384. The number of carbonyl (C=O) groups is 1. The molecule has 2 N–H and O–H groups in total. The van der Waals surface area contributed by atoms with Crippen LogP contribution in [-0.4, -0.2) is 39.3 Å². The highest BCUT2D eigenvalue weighted by molar-refractivity contribution is 5.96. The Morgan fingerprint density at radius 3 is 2.24 bits per heavy atom. The fourth-order valence-electron chi connectivity index (χ4n) is 3.52. The van der Waals surface area contributed by atoms with Gasteiger partial charge in [-0.1, -0.05) is 6.92 Å². The van der Waals surface area contributed by atoms with Gasteiger partial charge in [-0.2, -0.15) is 0 Å². The number of piperidine rings is 1. The van der Waals surface area contributed by atoms with E-state index in [-0.39, 0.29) is 11.9 Å². The number of nitrogens with zero attached hydrogens (tertiary/aromatic N) is 1. The summed E-state index contributed by atoms with van der Waals surface area (Å²) in [6, 6.07) is 13.2. The molecule has 3 rings (SSSR count). The zero-order valence-corrected chi connectivity index (χ0v) is 17.7. The minimum Gasteiger partial charge on any atom is -0.493 e. The predicted molar refractivity (Wildman–Crippen MR) is 118 cm³/mol. The third-order valence-corrected chi connectivity index (χ3v) is 5.44. The summed E-state index contributed by atoms with van der Waals surface area (Å²) in [5.74, 6) is 1.90. The van der Waals surface area contributed by atoms with Crippen LogP contribution >= 0.6 is 0 Å². The second-order valence-electron chi connectivity index (χ2n) is 7.64. The van der Waals surface area contributed by atoms with Crippen molar-refractivity contribution >= 4 is 23.0 Å². The van der Waals surface area contributed by atoms with Crippen molar-refractivity contribution in [2.45, 2.75) is 32.7 Å². The summed E-state index contributed by atoms with van der Waals surface area (Å²) in [5, 5.41) is 6.17. The maximum atomic E-state index is 12.6. The second-order valence-corrected chi connectivity index (χ2v) is 7.64. The van der Waals surface area contributed by atoms with Crippen LogP contribution in [0.1, 0.15) is 26.7 Å². The molecule has 0 radical (unpaired) electrons. The molecule has 2 aromatic carbocycles. The molecule has 156 valence electrons. The van der Waals surface area contributed by atoms with E-state index in [1.54, 1.807) is 32.4 Å². The third-order valence-electron chi connectivity index (χ3n) is 5.44. The largest absolute Gasteiger partial charge is 0.493 e. The van der Waals surface area contributed by atoms with E-state index in [0.29, 0.717) is 17.2 Å². The first kappa shape index (κ1) is 20.8. The Bertz CT molecular complexity index is 815. The number of hydrogen-bond acceptors (Lipinski definition) is 5. The normalized spacial score (nSPS) is 15.5. The molecule has 0 aliphatic carbocycles. The number of carbonyl (C=O) groups excluding carboxylic acids is 1. The van der Waals surface area contributed by atoms with Crippen molar-refractivity contribution in [3.8, 4) is 11.5 Å². The Balaban J connectivity index is 1.56. The maximum Gasteiger partial charge on any atom is 0.246 e. The van der Waals surface area contributed by atoms with E-state index < -0.39 is 0 Å². The van der Waals surface area contributed by atoms with E-state index in [1.165, 1.54) is 18.5 Å². The van der Waals surface area contributed by atoms with Gasteiger partial charge < -0.3 is 25.0 Å². The monoisotopic (exact) mass is 397 g/mol. The van der Waals surface area contributed by atoms with Crippen molar-refractivity contribution in [2.75, 3.05) is 42.8 Å². The van der Waals surface area contributed by atoms with Crippen LogP contribution in [-0.2, 0) is 4.79 Å². The summed E-state index contributed by atoms with van der Waals surface area (Å²) >= 11 is 0. The Labute approximate surface area is 173 Å². The van der Waals surface area contributed by atoms with Crippen molar-refractivity contribution in [3.05, 3.63) is 42.5 Å². The smallest absolute Gasteiger partial charge is 0.246 e. The van der Waals surface area contributed by atoms with E-state index in [1.807, 2.05) is 19.1 Å². The lowest BCUT2D eigenvalue weighted by molar-refractivity contribution is -0.116. The van der Waals surface area contributed by atoms with Crippen LogP contribution in [0, 0.1) is 5.92 Å². The van der Waals surface area contributed by atoms with Gasteiger partial charge in [-0.25, -0.2) is 0 Å². The predicted octanol–water partition coefficient (Wildman–Crippen LogP) is 4.38. The summed E-state index contributed by atoms with van der Waals surface area (Å²) in [6.45, 7) is 6.38. The minimum absolute atomic E-state index is 0.119. The molecule has 0 saturated carbocycles. The van der Waals surface area contributed by atoms with Crippen LogP contribution in [0.3, 0.4) is 0 Å². The first-order chi connectivity index (χ1) is 14.0. The van der Waals surface area contributed by atoms with Crippen LogP contribution in [0.25, 0.3) is 0 Å². The fraction of sp³-hybridized carbons (Fsp3) is 0.435. The van der Waals surface area contributed by atoms with Gasteiger partial charge in [-0.05, 0) is 62.1 Å². The number of hydrogen-bond donors (Lipinski definition) is 2. The van der Waals surface area contributed by atoms with Gasteiger partial charge in [-0.15, -0.1) is 0 Å². The molecule has 6 nitrogen and oxygen atoms in total. The first-order valence-corrected chi connectivity index (χ1v) is 10.1. The molecule has 1 atom stereocenters. The number of anilines is 3. The van der Waals surface area contributed by atoms with Crippen molar-refractivity contribution in [3.63, 3.8) is 0 Å². The summed E-state index contributed by atoms with van der Waals surface area (Å²) in [4.78, 5) is 15.0. The quantitative estimate of drug-likeness (QED) is 0.726. The molecule has 6 heteroatoms. The Kier molecular flexibility index (Phi) is 6.86. The van der Waals surface area contributed by atoms with Gasteiger partial charge in [0.15, 0.2) is 11.5 Å². The van der Waals surface area contributed by atoms with Crippen molar-refractivity contribution in [1.29, 1.82) is 0 Å². The second kappa shape index (κ2) is 9.54. The number of methoxy groups -OCH3 is 2. The lowest BCUT2D eigenvalue weighted by atomic mass is 9.99. The van der Waals surface area contributed by atoms with Gasteiger partial charge in [0.2, 0.25) is 5.91 Å². The highest BCUT2D eigenvalue weighted by Crippen LogP contribution is 2.30. The molecule has 1 aliphatic rings. The average molecular weight is 398 g/mol. The van der Waals surface area contributed by atoms with Gasteiger partial charge in [0, 0.05) is 36.2 Å². The van der Waals surface area contributed by atoms with Gasteiger partial charge >= 0.3 is 0 Å². The topological polar surface area (TPSA) is 62.8 Å². The van der Waals surface area contributed by atoms with E-state index in [2.05, 4.69) is 34.6 Å². The lowest BCUT2D eigenvalue weighted by Crippen LogP contribution is -2.33.